The zero-order chi connectivity index (χ0) is 74.0. The Bertz CT molecular complexity index is 1770. The molecule has 0 aliphatic carbocycles. The first-order chi connectivity index (χ1) is 45.8. The third-order valence-electron chi connectivity index (χ3n) is 25.6. The van der Waals surface area contributed by atoms with Crippen LogP contribution in [0.2, 0.25) is 0 Å². The number of likely N-dealkylation sites (tertiary alicyclic amines) is 7. The molecule has 0 radical (unpaired) electrons. The van der Waals surface area contributed by atoms with Crippen molar-refractivity contribution in [1.29, 1.82) is 0 Å². The molecule has 0 saturated carbocycles. The standard InChI is InChI=1S/C12H24N2.C12H25N.C11H22N2.C11H24N2.C11H23N.C10H22N2.C10H21N.C9H19N/c1-9(2)13-7-11-5-6-12(8-13)14(11)10(3)4;1-10(2)12-6-5-8-13(9-7-12)11(3)4;1-8(2)12-6-11-5-10(12)7-13(11)9(3)4;1-10(2)12-6-5-7-13(9-8-12)11(3)4;2*1-9(2)11-5-7-12(8-6-11)10(3)4;1-8(2)10-5-6-11(7-10)9(3)4;1-7(2)9-5-10(6-9)8(3)4/h9-12H,5-8H2,1-4H3;10-12H,5-9H2,1-4H3;8-11H,5-7H2,1-4H3;10-11H,5-9H2,1-4H3;9-11H,5-8H2,1-4H3;9-10H,5-8H2,1-4H3;8-10H,5-7H2,1-4H3;7-9H,5-6H2,1-4H3. The van der Waals surface area contributed by atoms with Gasteiger partial charge in [-0.25, -0.2) is 0 Å². The van der Waals surface area contributed by atoms with Gasteiger partial charge in [-0.3, -0.25) is 39.2 Å². The van der Waals surface area contributed by atoms with Crippen molar-refractivity contribution in [2.75, 3.05) is 131 Å². The Morgan fingerprint density at radius 2 is 0.449 bits per heavy atom. The highest BCUT2D eigenvalue weighted by atomic mass is 15.4. The smallest absolute Gasteiger partial charge is 0.0242 e. The topological polar surface area (TPSA) is 38.9 Å². The van der Waals surface area contributed by atoms with Crippen molar-refractivity contribution >= 4 is 0 Å². The highest BCUT2D eigenvalue weighted by molar-refractivity contribution is 5.02. The van der Waals surface area contributed by atoms with Crippen molar-refractivity contribution in [2.24, 2.45) is 47.3 Å². The molecule has 10 aliphatic heterocycles. The average Bonchev–Trinajstić information content (AvgIpc) is 1.64. The molecule has 6 atom stereocenters. The highest BCUT2D eigenvalue weighted by Crippen LogP contribution is 2.35. The quantitative estimate of drug-likeness (QED) is 0.148. The van der Waals surface area contributed by atoms with E-state index in [1.54, 1.807) is 0 Å². The molecule has 10 saturated heterocycles. The lowest BCUT2D eigenvalue weighted by atomic mass is 9.86. The summed E-state index contributed by atoms with van der Waals surface area (Å²) in [5.74, 6) is 7.42. The van der Waals surface area contributed by atoms with E-state index in [-0.39, 0.29) is 0 Å². The molecule has 4 bridgehead atoms. The molecule has 0 amide bonds. The van der Waals surface area contributed by atoms with E-state index < -0.39 is 0 Å². The second-order valence-corrected chi connectivity index (χ2v) is 37.7. The van der Waals surface area contributed by atoms with E-state index in [9.17, 15) is 0 Å². The number of hydrogen-bond acceptors (Lipinski definition) is 12. The largest absolute Gasteiger partial charge is 0.301 e. The Morgan fingerprint density at radius 3 is 0.735 bits per heavy atom. The summed E-state index contributed by atoms with van der Waals surface area (Å²) in [4.78, 5) is 31.4. The van der Waals surface area contributed by atoms with Crippen molar-refractivity contribution in [3.63, 3.8) is 0 Å². The summed E-state index contributed by atoms with van der Waals surface area (Å²) in [5.41, 5.74) is 0. The summed E-state index contributed by atoms with van der Waals surface area (Å²) >= 11 is 0. The van der Waals surface area contributed by atoms with Crippen molar-refractivity contribution < 1.29 is 0 Å². The fourth-order valence-corrected chi connectivity index (χ4v) is 17.6. The molecule has 584 valence electrons. The molecule has 0 aromatic rings. The van der Waals surface area contributed by atoms with Crippen LogP contribution in [0.1, 0.15) is 286 Å². The third kappa shape index (κ3) is 31.9. The van der Waals surface area contributed by atoms with Gasteiger partial charge in [0.05, 0.1) is 0 Å². The van der Waals surface area contributed by atoms with Crippen LogP contribution in [0.25, 0.3) is 0 Å². The number of piperidine rings is 1. The van der Waals surface area contributed by atoms with Gasteiger partial charge in [-0.1, -0.05) is 55.4 Å². The number of rotatable bonds is 16. The van der Waals surface area contributed by atoms with E-state index in [4.69, 9.17) is 0 Å². The maximum atomic E-state index is 2.75. The molecule has 10 aliphatic rings. The van der Waals surface area contributed by atoms with Gasteiger partial charge in [0.15, 0.2) is 0 Å². The molecular formula is C86H180N12. The zero-order valence-electron chi connectivity index (χ0n) is 72.4. The maximum absolute atomic E-state index is 2.75. The monoisotopic (exact) mass is 1380 g/mol. The molecule has 12 heteroatoms. The summed E-state index contributed by atoms with van der Waals surface area (Å²) < 4.78 is 0. The second kappa shape index (κ2) is 46.6. The molecule has 10 heterocycles. The van der Waals surface area contributed by atoms with Crippen molar-refractivity contribution in [2.45, 2.75) is 382 Å². The van der Waals surface area contributed by atoms with Gasteiger partial charge in [0.2, 0.25) is 0 Å². The molecule has 10 fully saturated rings. The predicted molar refractivity (Wildman–Crippen MR) is 436 cm³/mol. The predicted octanol–water partition coefficient (Wildman–Crippen LogP) is 17.0. The van der Waals surface area contributed by atoms with Crippen molar-refractivity contribution in [3.05, 3.63) is 0 Å². The molecule has 0 spiro atoms. The Kier molecular flexibility index (Phi) is 43.6. The molecule has 6 unspecified atom stereocenters. The summed E-state index contributed by atoms with van der Waals surface area (Å²) in [6, 6.07) is 12.2. The van der Waals surface area contributed by atoms with Gasteiger partial charge in [-0.2, -0.15) is 0 Å². The summed E-state index contributed by atoms with van der Waals surface area (Å²) in [7, 11) is 0. The normalized spacial score (nSPS) is 27.1. The van der Waals surface area contributed by atoms with E-state index in [2.05, 4.69) is 280 Å². The van der Waals surface area contributed by atoms with Crippen molar-refractivity contribution in [3.8, 4) is 0 Å². The average molecular weight is 1380 g/mol. The minimum Gasteiger partial charge on any atom is -0.301 e. The van der Waals surface area contributed by atoms with Crippen LogP contribution in [0.3, 0.4) is 0 Å². The van der Waals surface area contributed by atoms with E-state index in [1.807, 2.05) is 0 Å². The Labute approximate surface area is 616 Å². The molecule has 98 heavy (non-hydrogen) atoms. The van der Waals surface area contributed by atoms with Gasteiger partial charge in [0.25, 0.3) is 0 Å². The molecule has 12 nitrogen and oxygen atoms in total. The van der Waals surface area contributed by atoms with Crippen LogP contribution in [0.5, 0.6) is 0 Å². The van der Waals surface area contributed by atoms with Crippen LogP contribution in [0.4, 0.5) is 0 Å². The van der Waals surface area contributed by atoms with Gasteiger partial charge < -0.3 is 19.6 Å². The van der Waals surface area contributed by atoms with Gasteiger partial charge in [0, 0.05) is 182 Å². The molecule has 10 rings (SSSR count). The molecule has 0 aromatic carbocycles. The Balaban J connectivity index is 0.000000292. The summed E-state index contributed by atoms with van der Waals surface area (Å²) in [6.07, 6.45) is 14.1. The van der Waals surface area contributed by atoms with Gasteiger partial charge in [-0.15, -0.1) is 0 Å². The lowest BCUT2D eigenvalue weighted by molar-refractivity contribution is 0.0292. The SMILES string of the molecule is CC(C)C1CCCN(C(C)C)CC1.CC(C)C1CCN(C(C)C)C1.CC(C)C1CCN(C(C)C)CC1.CC(C)C1CN(C(C)C)C1.CC(C)N1CC2CC1CN2C(C)C.CC(C)N1CC2CCC(C1)N2C(C)C.CC(C)N1CCCN(C(C)C)CC1.CC(C)N1CCN(C(C)C)CC1. The maximum Gasteiger partial charge on any atom is 0.0242 e. The van der Waals surface area contributed by atoms with E-state index in [1.165, 1.54) is 195 Å². The lowest BCUT2D eigenvalue weighted by Crippen LogP contribution is -2.57. The van der Waals surface area contributed by atoms with E-state index in [0.717, 1.165) is 132 Å². The number of nitrogens with zero attached hydrogens (tertiary/aromatic N) is 12. The number of fused-ring (bicyclic) bond motifs is 4. The first-order valence-electron chi connectivity index (χ1n) is 42.8. The first kappa shape index (κ1) is 91.7. The third-order valence-corrected chi connectivity index (χ3v) is 25.6. The zero-order valence-corrected chi connectivity index (χ0v) is 72.4. The van der Waals surface area contributed by atoms with Crippen LogP contribution in [-0.4, -0.2) is 286 Å². The van der Waals surface area contributed by atoms with Crippen LogP contribution < -0.4 is 0 Å². The fraction of sp³-hybridized carbons (Fsp3) is 1.00. The first-order valence-corrected chi connectivity index (χ1v) is 42.8. The van der Waals surface area contributed by atoms with E-state index in [0.29, 0.717) is 12.1 Å². The molecule has 0 aromatic heterocycles. The fourth-order valence-electron chi connectivity index (χ4n) is 17.6. The van der Waals surface area contributed by atoms with Gasteiger partial charge >= 0.3 is 0 Å². The summed E-state index contributed by atoms with van der Waals surface area (Å²) in [5, 5.41) is 0. The Hall–Kier alpha value is -0.480. The van der Waals surface area contributed by atoms with Crippen LogP contribution in [-0.2, 0) is 0 Å². The van der Waals surface area contributed by atoms with E-state index >= 15 is 0 Å². The minimum absolute atomic E-state index is 0.715. The molecular weight excluding hydrogens is 1200 g/mol. The van der Waals surface area contributed by atoms with Gasteiger partial charge in [0.1, 0.15) is 0 Å². The second-order valence-electron chi connectivity index (χ2n) is 37.7. The number of piperazine rings is 3. The summed E-state index contributed by atoms with van der Waals surface area (Å²) in [6.45, 7) is 99.9. The number of hydrogen-bond donors (Lipinski definition) is 0. The van der Waals surface area contributed by atoms with Crippen LogP contribution in [0.15, 0.2) is 0 Å². The minimum atomic E-state index is 0.715. The highest BCUT2D eigenvalue weighted by Gasteiger charge is 2.45. The Morgan fingerprint density at radius 1 is 0.184 bits per heavy atom. The van der Waals surface area contributed by atoms with Crippen LogP contribution in [0, 0.1) is 47.3 Å². The van der Waals surface area contributed by atoms with Gasteiger partial charge in [-0.05, 0) is 324 Å². The van der Waals surface area contributed by atoms with Crippen LogP contribution >= 0.6 is 0 Å². The molecule has 0 N–H and O–H groups in total. The lowest BCUT2D eigenvalue weighted by Gasteiger charge is -2.44. The van der Waals surface area contributed by atoms with Crippen molar-refractivity contribution in [1.82, 2.24) is 58.8 Å².